The second kappa shape index (κ2) is 6.63. The van der Waals surface area contributed by atoms with E-state index in [9.17, 15) is 14.4 Å². The van der Waals surface area contributed by atoms with E-state index in [1.165, 1.54) is 4.68 Å². The summed E-state index contributed by atoms with van der Waals surface area (Å²) in [7, 11) is 0. The minimum absolute atomic E-state index is 0.0364. The van der Waals surface area contributed by atoms with Crippen LogP contribution in [0.4, 0.5) is 0 Å². The predicted octanol–water partition coefficient (Wildman–Crippen LogP) is 1.58. The molecule has 1 aliphatic rings. The zero-order valence-corrected chi connectivity index (χ0v) is 14.1. The Labute approximate surface area is 140 Å². The topological polar surface area (TPSA) is 75.2 Å². The van der Waals surface area contributed by atoms with Gasteiger partial charge in [-0.1, -0.05) is 26.0 Å². The van der Waals surface area contributed by atoms with Gasteiger partial charge >= 0.3 is 0 Å². The highest BCUT2D eigenvalue weighted by molar-refractivity contribution is 5.80. The van der Waals surface area contributed by atoms with E-state index in [-0.39, 0.29) is 30.0 Å². The van der Waals surface area contributed by atoms with Gasteiger partial charge in [0.15, 0.2) is 0 Å². The molecule has 2 atom stereocenters. The van der Waals surface area contributed by atoms with Crippen molar-refractivity contribution in [1.29, 1.82) is 0 Å². The Bertz CT molecular complexity index is 858. The number of amides is 1. The molecule has 1 N–H and O–H groups in total. The highest BCUT2D eigenvalue weighted by Gasteiger charge is 2.25. The van der Waals surface area contributed by atoms with Gasteiger partial charge in [0.1, 0.15) is 0 Å². The first kappa shape index (κ1) is 16.5. The maximum Gasteiger partial charge on any atom is 0.273 e. The predicted molar refractivity (Wildman–Crippen MR) is 93.0 cm³/mol. The van der Waals surface area contributed by atoms with Crippen LogP contribution in [0.3, 0.4) is 0 Å². The number of benzene rings is 1. The molecule has 6 nitrogen and oxygen atoms in total. The first-order valence-electron chi connectivity index (χ1n) is 8.45. The summed E-state index contributed by atoms with van der Waals surface area (Å²) in [6.45, 7) is 6.04. The van der Waals surface area contributed by atoms with Gasteiger partial charge in [-0.15, -0.1) is 0 Å². The van der Waals surface area contributed by atoms with Crippen LogP contribution in [0.15, 0.2) is 33.9 Å². The van der Waals surface area contributed by atoms with Crippen LogP contribution in [0.5, 0.6) is 0 Å². The van der Waals surface area contributed by atoms with Crippen LogP contribution < -0.4 is 11.1 Å². The number of nitrogens with one attached hydrogen (secondary N) is 1. The largest absolute Gasteiger partial charge is 0.342 e. The van der Waals surface area contributed by atoms with Crippen molar-refractivity contribution in [3.05, 3.63) is 45.0 Å². The Kier molecular flexibility index (Phi) is 4.55. The van der Waals surface area contributed by atoms with Gasteiger partial charge in [0.05, 0.1) is 17.3 Å². The van der Waals surface area contributed by atoms with Gasteiger partial charge < -0.3 is 4.90 Å². The van der Waals surface area contributed by atoms with E-state index in [1.807, 2.05) is 4.90 Å². The number of aromatic amines is 1. The maximum atomic E-state index is 12.4. The molecule has 2 unspecified atom stereocenters. The van der Waals surface area contributed by atoms with Crippen LogP contribution in [0, 0.1) is 11.8 Å². The number of aryl methyl sites for hydroxylation is 1. The Morgan fingerprint density at radius 1 is 1.12 bits per heavy atom. The molecule has 2 aromatic rings. The number of hydrogen-bond acceptors (Lipinski definition) is 3. The van der Waals surface area contributed by atoms with E-state index in [2.05, 4.69) is 18.9 Å². The second-order valence-corrected chi connectivity index (χ2v) is 6.94. The van der Waals surface area contributed by atoms with Crippen molar-refractivity contribution in [2.24, 2.45) is 11.8 Å². The summed E-state index contributed by atoms with van der Waals surface area (Å²) in [4.78, 5) is 38.8. The number of piperidine rings is 1. The number of aromatic nitrogens is 2. The van der Waals surface area contributed by atoms with E-state index in [0.717, 1.165) is 19.5 Å². The lowest BCUT2D eigenvalue weighted by Gasteiger charge is -2.35. The van der Waals surface area contributed by atoms with E-state index >= 15 is 0 Å². The molecule has 2 heterocycles. The molecule has 0 radical (unpaired) electrons. The van der Waals surface area contributed by atoms with Crippen LogP contribution in [0.1, 0.15) is 26.7 Å². The fourth-order valence-corrected chi connectivity index (χ4v) is 3.64. The molecule has 1 saturated heterocycles. The quantitative estimate of drug-likeness (QED) is 0.929. The van der Waals surface area contributed by atoms with Crippen LogP contribution in [0.25, 0.3) is 10.8 Å². The third-order valence-corrected chi connectivity index (χ3v) is 4.65. The van der Waals surface area contributed by atoms with Crippen molar-refractivity contribution in [1.82, 2.24) is 14.7 Å². The first-order chi connectivity index (χ1) is 11.5. The normalized spacial score (nSPS) is 21.2. The van der Waals surface area contributed by atoms with Crippen molar-refractivity contribution in [2.45, 2.75) is 33.2 Å². The molecular weight excluding hydrogens is 306 g/mol. The standard InChI is InChI=1S/C18H23N3O3/c1-12-9-13(2)11-20(10-12)16(22)7-8-21-18(24)15-6-4-3-5-14(15)17(23)19-21/h3-6,12-13H,7-11H2,1-2H3,(H,19,23). The molecule has 0 bridgehead atoms. The average molecular weight is 329 g/mol. The summed E-state index contributed by atoms with van der Waals surface area (Å²) in [6, 6.07) is 6.72. The van der Waals surface area contributed by atoms with Gasteiger partial charge in [0.2, 0.25) is 5.91 Å². The molecule has 1 amide bonds. The van der Waals surface area contributed by atoms with E-state index in [4.69, 9.17) is 0 Å². The summed E-state index contributed by atoms with van der Waals surface area (Å²) in [5.41, 5.74) is -0.573. The highest BCUT2D eigenvalue weighted by atomic mass is 16.2. The molecule has 1 aromatic carbocycles. The fourth-order valence-electron chi connectivity index (χ4n) is 3.64. The number of rotatable bonds is 3. The fraction of sp³-hybridized carbons (Fsp3) is 0.500. The molecule has 24 heavy (non-hydrogen) atoms. The van der Waals surface area contributed by atoms with Crippen molar-refractivity contribution in [2.75, 3.05) is 13.1 Å². The molecule has 1 fully saturated rings. The number of carbonyl (C=O) groups excluding carboxylic acids is 1. The Balaban J connectivity index is 1.76. The lowest BCUT2D eigenvalue weighted by atomic mass is 9.92. The molecular formula is C18H23N3O3. The molecule has 1 aromatic heterocycles. The Morgan fingerprint density at radius 2 is 1.75 bits per heavy atom. The van der Waals surface area contributed by atoms with Crippen LogP contribution in [-0.2, 0) is 11.3 Å². The summed E-state index contributed by atoms with van der Waals surface area (Å²) < 4.78 is 1.25. The molecule has 1 aliphatic heterocycles. The monoisotopic (exact) mass is 329 g/mol. The minimum atomic E-state index is -0.308. The lowest BCUT2D eigenvalue weighted by Crippen LogP contribution is -2.43. The Hall–Kier alpha value is -2.37. The van der Waals surface area contributed by atoms with Gasteiger partial charge in [-0.25, -0.2) is 4.68 Å². The first-order valence-corrected chi connectivity index (χ1v) is 8.45. The van der Waals surface area contributed by atoms with Crippen LogP contribution in [-0.4, -0.2) is 33.7 Å². The lowest BCUT2D eigenvalue weighted by molar-refractivity contribution is -0.134. The molecule has 128 valence electrons. The summed E-state index contributed by atoms with van der Waals surface area (Å²) in [6.07, 6.45) is 1.36. The smallest absolute Gasteiger partial charge is 0.273 e. The third kappa shape index (κ3) is 3.27. The summed E-state index contributed by atoms with van der Waals surface area (Å²) >= 11 is 0. The molecule has 0 spiro atoms. The second-order valence-electron chi connectivity index (χ2n) is 6.94. The van der Waals surface area contributed by atoms with E-state index in [0.29, 0.717) is 22.6 Å². The molecule has 0 aliphatic carbocycles. The van der Waals surface area contributed by atoms with Crippen LogP contribution >= 0.6 is 0 Å². The molecule has 3 rings (SSSR count). The van der Waals surface area contributed by atoms with Gasteiger partial charge in [-0.2, -0.15) is 0 Å². The molecule has 0 saturated carbocycles. The third-order valence-electron chi connectivity index (χ3n) is 4.65. The number of nitrogens with zero attached hydrogens (tertiary/aromatic N) is 2. The van der Waals surface area contributed by atoms with Crippen molar-refractivity contribution < 1.29 is 4.79 Å². The summed E-state index contributed by atoms with van der Waals surface area (Å²) in [5, 5.41) is 3.33. The van der Waals surface area contributed by atoms with E-state index < -0.39 is 0 Å². The zero-order valence-electron chi connectivity index (χ0n) is 14.1. The maximum absolute atomic E-state index is 12.4. The number of fused-ring (bicyclic) bond motifs is 1. The summed E-state index contributed by atoms with van der Waals surface area (Å²) in [5.74, 6) is 1.04. The van der Waals surface area contributed by atoms with Crippen LogP contribution in [0.2, 0.25) is 0 Å². The van der Waals surface area contributed by atoms with Gasteiger partial charge in [-0.3, -0.25) is 19.5 Å². The SMILES string of the molecule is CC1CC(C)CN(C(=O)CCn2[nH]c(=O)c3ccccc3c2=O)C1. The highest BCUT2D eigenvalue weighted by Crippen LogP contribution is 2.21. The van der Waals surface area contributed by atoms with Gasteiger partial charge in [0.25, 0.3) is 11.1 Å². The minimum Gasteiger partial charge on any atom is -0.342 e. The van der Waals surface area contributed by atoms with Crippen molar-refractivity contribution in [3.8, 4) is 0 Å². The van der Waals surface area contributed by atoms with Crippen molar-refractivity contribution in [3.63, 3.8) is 0 Å². The number of carbonyl (C=O) groups is 1. The van der Waals surface area contributed by atoms with Gasteiger partial charge in [-0.05, 0) is 30.4 Å². The number of H-pyrrole nitrogens is 1. The Morgan fingerprint density at radius 3 is 2.42 bits per heavy atom. The molecule has 6 heteroatoms. The van der Waals surface area contributed by atoms with Crippen molar-refractivity contribution >= 4 is 16.7 Å². The number of likely N-dealkylation sites (tertiary alicyclic amines) is 1. The number of hydrogen-bond donors (Lipinski definition) is 1. The van der Waals surface area contributed by atoms with E-state index in [1.54, 1.807) is 24.3 Å². The average Bonchev–Trinajstić information content (AvgIpc) is 2.55. The van der Waals surface area contributed by atoms with Gasteiger partial charge in [0, 0.05) is 19.5 Å². The zero-order chi connectivity index (χ0) is 17.3.